The topological polar surface area (TPSA) is 92.5 Å². The van der Waals surface area contributed by atoms with Crippen molar-refractivity contribution in [3.05, 3.63) is 33.9 Å². The standard InChI is InChI=1S/C13H18N2O4S/c1-13(2,8-16)7-14-12(17)10-6-9(20-3)4-5-11(10)15(18)19/h4-6,16H,7-8H2,1-3H3,(H,14,17). The molecule has 1 amide bonds. The average molecular weight is 298 g/mol. The van der Waals surface area contributed by atoms with Crippen LogP contribution in [0.4, 0.5) is 5.69 Å². The number of rotatable bonds is 6. The Morgan fingerprint density at radius 3 is 2.65 bits per heavy atom. The predicted molar refractivity (Wildman–Crippen MR) is 78.1 cm³/mol. The van der Waals surface area contributed by atoms with Crippen LogP contribution in [0.15, 0.2) is 23.1 Å². The van der Waals surface area contributed by atoms with Gasteiger partial charge in [-0.25, -0.2) is 0 Å². The number of aliphatic hydroxyl groups excluding tert-OH is 1. The van der Waals surface area contributed by atoms with Crippen LogP contribution >= 0.6 is 11.8 Å². The fraction of sp³-hybridized carbons (Fsp3) is 0.462. The lowest BCUT2D eigenvalue weighted by Crippen LogP contribution is -2.36. The number of amides is 1. The van der Waals surface area contributed by atoms with Crippen molar-refractivity contribution in [2.24, 2.45) is 5.41 Å². The van der Waals surface area contributed by atoms with Gasteiger partial charge in [0, 0.05) is 29.5 Å². The van der Waals surface area contributed by atoms with E-state index in [1.165, 1.54) is 23.9 Å². The van der Waals surface area contributed by atoms with Gasteiger partial charge >= 0.3 is 0 Å². The lowest BCUT2D eigenvalue weighted by molar-refractivity contribution is -0.385. The quantitative estimate of drug-likeness (QED) is 0.476. The minimum Gasteiger partial charge on any atom is -0.396 e. The number of nitrogens with one attached hydrogen (secondary N) is 1. The molecule has 0 aliphatic carbocycles. The largest absolute Gasteiger partial charge is 0.396 e. The van der Waals surface area contributed by atoms with Crippen molar-refractivity contribution >= 4 is 23.4 Å². The molecule has 110 valence electrons. The first-order valence-corrected chi connectivity index (χ1v) is 7.24. The highest BCUT2D eigenvalue weighted by atomic mass is 32.2. The zero-order chi connectivity index (χ0) is 15.3. The summed E-state index contributed by atoms with van der Waals surface area (Å²) in [4.78, 5) is 23.3. The first-order chi connectivity index (χ1) is 9.30. The van der Waals surface area contributed by atoms with Gasteiger partial charge in [0.1, 0.15) is 5.56 Å². The van der Waals surface area contributed by atoms with E-state index < -0.39 is 16.2 Å². The number of nitro benzene ring substituents is 1. The summed E-state index contributed by atoms with van der Waals surface area (Å²) in [5.74, 6) is -0.505. The summed E-state index contributed by atoms with van der Waals surface area (Å²) in [5, 5.41) is 22.7. The van der Waals surface area contributed by atoms with Gasteiger partial charge in [-0.05, 0) is 18.4 Å². The molecule has 0 radical (unpaired) electrons. The maximum absolute atomic E-state index is 12.1. The van der Waals surface area contributed by atoms with Crippen LogP contribution in [0.2, 0.25) is 0 Å². The maximum Gasteiger partial charge on any atom is 0.282 e. The molecule has 7 heteroatoms. The Morgan fingerprint density at radius 1 is 1.50 bits per heavy atom. The third kappa shape index (κ3) is 4.21. The number of nitrogens with zero attached hydrogens (tertiary/aromatic N) is 1. The van der Waals surface area contributed by atoms with E-state index in [2.05, 4.69) is 5.32 Å². The average Bonchev–Trinajstić information content (AvgIpc) is 2.44. The number of nitro groups is 1. The molecule has 0 spiro atoms. The number of benzene rings is 1. The Balaban J connectivity index is 2.98. The summed E-state index contributed by atoms with van der Waals surface area (Å²) >= 11 is 1.41. The molecule has 1 rings (SSSR count). The number of hydrogen-bond acceptors (Lipinski definition) is 5. The van der Waals surface area contributed by atoms with Gasteiger partial charge in [0.25, 0.3) is 11.6 Å². The summed E-state index contributed by atoms with van der Waals surface area (Å²) < 4.78 is 0. The van der Waals surface area contributed by atoms with Gasteiger partial charge < -0.3 is 10.4 Å². The zero-order valence-electron chi connectivity index (χ0n) is 11.7. The van der Waals surface area contributed by atoms with Crippen LogP contribution in [0, 0.1) is 15.5 Å². The van der Waals surface area contributed by atoms with Crippen LogP contribution in [-0.2, 0) is 0 Å². The third-order valence-electron chi connectivity index (χ3n) is 2.80. The van der Waals surface area contributed by atoms with Gasteiger partial charge in [-0.2, -0.15) is 0 Å². The highest BCUT2D eigenvalue weighted by Crippen LogP contribution is 2.25. The van der Waals surface area contributed by atoms with E-state index in [0.717, 1.165) is 4.90 Å². The predicted octanol–water partition coefficient (Wildman–Crippen LogP) is 2.07. The Labute approximate surface area is 121 Å². The van der Waals surface area contributed by atoms with Crippen LogP contribution in [-0.4, -0.2) is 35.3 Å². The fourth-order valence-electron chi connectivity index (χ4n) is 1.45. The molecule has 2 N–H and O–H groups in total. The van der Waals surface area contributed by atoms with Gasteiger partial charge in [0.15, 0.2) is 0 Å². The van der Waals surface area contributed by atoms with E-state index in [-0.39, 0.29) is 24.4 Å². The van der Waals surface area contributed by atoms with E-state index in [1.807, 2.05) is 6.26 Å². The normalized spacial score (nSPS) is 11.2. The molecule has 0 unspecified atom stereocenters. The SMILES string of the molecule is CSc1ccc([N+](=O)[O-])c(C(=O)NCC(C)(C)CO)c1. The zero-order valence-corrected chi connectivity index (χ0v) is 12.5. The second-order valence-corrected chi connectivity index (χ2v) is 6.02. The van der Waals surface area contributed by atoms with E-state index in [9.17, 15) is 14.9 Å². The third-order valence-corrected chi connectivity index (χ3v) is 3.53. The van der Waals surface area contributed by atoms with Crippen molar-refractivity contribution in [2.45, 2.75) is 18.7 Å². The summed E-state index contributed by atoms with van der Waals surface area (Å²) in [6.45, 7) is 3.74. The highest BCUT2D eigenvalue weighted by Gasteiger charge is 2.23. The van der Waals surface area contributed by atoms with Gasteiger partial charge in [-0.3, -0.25) is 14.9 Å². The molecule has 1 aromatic rings. The molecule has 0 aliphatic rings. The van der Waals surface area contributed by atoms with Gasteiger partial charge in [0.2, 0.25) is 0 Å². The summed E-state index contributed by atoms with van der Waals surface area (Å²) in [6, 6.07) is 4.44. The molecule has 0 saturated heterocycles. The molecule has 0 heterocycles. The smallest absolute Gasteiger partial charge is 0.282 e. The molecule has 6 nitrogen and oxygen atoms in total. The second kappa shape index (κ2) is 6.71. The van der Waals surface area contributed by atoms with Gasteiger partial charge in [0.05, 0.1) is 4.92 Å². The molecule has 0 aliphatic heterocycles. The minimum absolute atomic E-state index is 0.0376. The van der Waals surface area contributed by atoms with E-state index in [1.54, 1.807) is 19.9 Å². The van der Waals surface area contributed by atoms with Crippen molar-refractivity contribution in [2.75, 3.05) is 19.4 Å². The second-order valence-electron chi connectivity index (χ2n) is 5.15. The fourth-order valence-corrected chi connectivity index (χ4v) is 1.89. The first-order valence-electron chi connectivity index (χ1n) is 6.02. The molecule has 0 aromatic heterocycles. The van der Waals surface area contributed by atoms with Crippen LogP contribution in [0.25, 0.3) is 0 Å². The van der Waals surface area contributed by atoms with E-state index >= 15 is 0 Å². The van der Waals surface area contributed by atoms with Crippen LogP contribution in [0.1, 0.15) is 24.2 Å². The molecular formula is C13H18N2O4S. The van der Waals surface area contributed by atoms with Gasteiger partial charge in [-0.15, -0.1) is 11.8 Å². The molecular weight excluding hydrogens is 280 g/mol. The van der Waals surface area contributed by atoms with Crippen LogP contribution in [0.3, 0.4) is 0 Å². The van der Waals surface area contributed by atoms with Crippen molar-refractivity contribution in [3.8, 4) is 0 Å². The number of carbonyl (C=O) groups is 1. The summed E-state index contributed by atoms with van der Waals surface area (Å²) in [6.07, 6.45) is 1.83. The lowest BCUT2D eigenvalue weighted by atomic mass is 9.95. The maximum atomic E-state index is 12.1. The number of hydrogen-bond donors (Lipinski definition) is 2. The molecule has 0 atom stereocenters. The first kappa shape index (κ1) is 16.5. The van der Waals surface area contributed by atoms with Crippen molar-refractivity contribution < 1.29 is 14.8 Å². The summed E-state index contributed by atoms with van der Waals surface area (Å²) in [7, 11) is 0. The Morgan fingerprint density at radius 2 is 2.15 bits per heavy atom. The van der Waals surface area contributed by atoms with Crippen molar-refractivity contribution in [1.82, 2.24) is 5.32 Å². The molecule has 20 heavy (non-hydrogen) atoms. The molecule has 0 fully saturated rings. The highest BCUT2D eigenvalue weighted by molar-refractivity contribution is 7.98. The molecule has 1 aromatic carbocycles. The van der Waals surface area contributed by atoms with E-state index in [0.29, 0.717) is 0 Å². The Kier molecular flexibility index (Phi) is 5.52. The van der Waals surface area contributed by atoms with Gasteiger partial charge in [-0.1, -0.05) is 13.8 Å². The lowest BCUT2D eigenvalue weighted by Gasteiger charge is -2.21. The Hall–Kier alpha value is -1.60. The number of thioether (sulfide) groups is 1. The monoisotopic (exact) mass is 298 g/mol. The van der Waals surface area contributed by atoms with Crippen LogP contribution < -0.4 is 5.32 Å². The van der Waals surface area contributed by atoms with Crippen molar-refractivity contribution in [1.29, 1.82) is 0 Å². The van der Waals surface area contributed by atoms with Crippen molar-refractivity contribution in [3.63, 3.8) is 0 Å². The molecule has 0 saturated carbocycles. The minimum atomic E-state index is -0.573. The number of aliphatic hydroxyl groups is 1. The Bertz CT molecular complexity index is 517. The number of carbonyl (C=O) groups excluding carboxylic acids is 1. The summed E-state index contributed by atoms with van der Waals surface area (Å²) in [5.41, 5.74) is -0.653. The molecule has 0 bridgehead atoms. The van der Waals surface area contributed by atoms with Crippen LogP contribution in [0.5, 0.6) is 0 Å². The van der Waals surface area contributed by atoms with E-state index in [4.69, 9.17) is 5.11 Å².